The molecule has 0 aromatic heterocycles. The second kappa shape index (κ2) is 7.21. The van der Waals surface area contributed by atoms with E-state index in [0.717, 1.165) is 16.5 Å². The molecule has 24 heavy (non-hydrogen) atoms. The molecular weight excluding hydrogens is 346 g/mol. The highest BCUT2D eigenvalue weighted by Crippen LogP contribution is 2.24. The minimum Gasteiger partial charge on any atom is -0.492 e. The molecule has 3 aromatic carbocycles. The van der Waals surface area contributed by atoms with Crippen LogP contribution >= 0.6 is 11.6 Å². The van der Waals surface area contributed by atoms with Crippen molar-refractivity contribution >= 4 is 32.4 Å². The molecular formula is C18H16ClNO3S. The summed E-state index contributed by atoms with van der Waals surface area (Å²) in [5.41, 5.74) is 0. The van der Waals surface area contributed by atoms with E-state index in [9.17, 15) is 8.42 Å². The zero-order valence-electron chi connectivity index (χ0n) is 12.8. The van der Waals surface area contributed by atoms with Gasteiger partial charge in [-0.2, -0.15) is 0 Å². The van der Waals surface area contributed by atoms with Crippen LogP contribution in [-0.2, 0) is 10.0 Å². The molecule has 0 bridgehead atoms. The molecule has 4 nitrogen and oxygen atoms in total. The Kier molecular flexibility index (Phi) is 5.04. The lowest BCUT2D eigenvalue weighted by Crippen LogP contribution is -2.28. The van der Waals surface area contributed by atoms with Crippen molar-refractivity contribution in [3.63, 3.8) is 0 Å². The van der Waals surface area contributed by atoms with Crippen LogP contribution in [0.5, 0.6) is 5.75 Å². The van der Waals surface area contributed by atoms with Crippen LogP contribution in [0.4, 0.5) is 0 Å². The highest BCUT2D eigenvalue weighted by molar-refractivity contribution is 7.89. The van der Waals surface area contributed by atoms with Crippen molar-refractivity contribution in [3.05, 3.63) is 71.8 Å². The Morgan fingerprint density at radius 1 is 0.917 bits per heavy atom. The molecule has 0 amide bonds. The standard InChI is InChI=1S/C18H16ClNO3S/c19-15-8-10-16(11-9-15)24(21,22)20-12-13-23-18-7-3-5-14-4-1-2-6-17(14)18/h1-11,20H,12-13H2. The number of hydrogen-bond donors (Lipinski definition) is 1. The fraction of sp³-hybridized carbons (Fsp3) is 0.111. The quantitative estimate of drug-likeness (QED) is 0.678. The molecule has 0 unspecified atom stereocenters. The molecule has 0 saturated heterocycles. The van der Waals surface area contributed by atoms with Gasteiger partial charge in [0.1, 0.15) is 12.4 Å². The summed E-state index contributed by atoms with van der Waals surface area (Å²) in [6.45, 7) is 0.412. The van der Waals surface area contributed by atoms with Crippen molar-refractivity contribution < 1.29 is 13.2 Å². The Bertz CT molecular complexity index is 935. The van der Waals surface area contributed by atoms with E-state index < -0.39 is 10.0 Å². The summed E-state index contributed by atoms with van der Waals surface area (Å²) < 4.78 is 32.6. The van der Waals surface area contributed by atoms with Crippen LogP contribution < -0.4 is 9.46 Å². The molecule has 0 heterocycles. The minimum atomic E-state index is -3.56. The third kappa shape index (κ3) is 3.87. The summed E-state index contributed by atoms with van der Waals surface area (Å²) in [6.07, 6.45) is 0. The minimum absolute atomic E-state index is 0.175. The number of sulfonamides is 1. The van der Waals surface area contributed by atoms with Gasteiger partial charge in [0.05, 0.1) is 4.90 Å². The number of nitrogens with one attached hydrogen (secondary N) is 1. The largest absolute Gasteiger partial charge is 0.492 e. The summed E-state index contributed by atoms with van der Waals surface area (Å²) in [5, 5.41) is 2.57. The number of benzene rings is 3. The number of rotatable bonds is 6. The van der Waals surface area contributed by atoms with E-state index in [1.807, 2.05) is 42.5 Å². The number of ether oxygens (including phenoxy) is 1. The zero-order valence-corrected chi connectivity index (χ0v) is 14.3. The maximum Gasteiger partial charge on any atom is 0.240 e. The third-order valence-corrected chi connectivity index (χ3v) is 5.25. The number of halogens is 1. The van der Waals surface area contributed by atoms with Crippen molar-refractivity contribution in [3.8, 4) is 5.75 Å². The third-order valence-electron chi connectivity index (χ3n) is 3.53. The molecule has 6 heteroatoms. The fourth-order valence-corrected chi connectivity index (χ4v) is 3.49. The first-order chi connectivity index (χ1) is 11.6. The highest BCUT2D eigenvalue weighted by Gasteiger charge is 2.13. The second-order valence-electron chi connectivity index (χ2n) is 5.18. The first kappa shape index (κ1) is 16.8. The average molecular weight is 362 g/mol. The Morgan fingerprint density at radius 3 is 2.42 bits per heavy atom. The van der Waals surface area contributed by atoms with Gasteiger partial charge in [0.2, 0.25) is 10.0 Å². The molecule has 3 aromatic rings. The highest BCUT2D eigenvalue weighted by atomic mass is 35.5. The van der Waals surface area contributed by atoms with Gasteiger partial charge in [0.25, 0.3) is 0 Å². The van der Waals surface area contributed by atoms with Crippen molar-refractivity contribution in [2.75, 3.05) is 13.2 Å². The number of fused-ring (bicyclic) bond motifs is 1. The van der Waals surface area contributed by atoms with Crippen molar-refractivity contribution in [2.24, 2.45) is 0 Å². The second-order valence-corrected chi connectivity index (χ2v) is 7.38. The van der Waals surface area contributed by atoms with Gasteiger partial charge in [-0.3, -0.25) is 0 Å². The molecule has 0 saturated carbocycles. The van der Waals surface area contributed by atoms with Gasteiger partial charge in [-0.05, 0) is 35.7 Å². The molecule has 3 rings (SSSR count). The lowest BCUT2D eigenvalue weighted by Gasteiger charge is -2.10. The summed E-state index contributed by atoms with van der Waals surface area (Å²) in [7, 11) is -3.56. The first-order valence-corrected chi connectivity index (χ1v) is 9.28. The Hall–Kier alpha value is -2.08. The van der Waals surface area contributed by atoms with Crippen molar-refractivity contribution in [1.29, 1.82) is 0 Å². The van der Waals surface area contributed by atoms with Gasteiger partial charge < -0.3 is 4.74 Å². The molecule has 1 N–H and O–H groups in total. The normalized spacial score (nSPS) is 11.5. The predicted molar refractivity (Wildman–Crippen MR) is 96.1 cm³/mol. The van der Waals surface area contributed by atoms with E-state index in [-0.39, 0.29) is 18.0 Å². The maximum atomic E-state index is 12.2. The van der Waals surface area contributed by atoms with Crippen molar-refractivity contribution in [1.82, 2.24) is 4.72 Å². The Balaban J connectivity index is 1.61. The van der Waals surface area contributed by atoms with E-state index in [2.05, 4.69) is 4.72 Å². The van der Waals surface area contributed by atoms with Crippen LogP contribution in [0.25, 0.3) is 10.8 Å². The van der Waals surface area contributed by atoms with Gasteiger partial charge in [-0.25, -0.2) is 13.1 Å². The molecule has 0 spiro atoms. The first-order valence-electron chi connectivity index (χ1n) is 7.42. The lowest BCUT2D eigenvalue weighted by atomic mass is 10.1. The van der Waals surface area contributed by atoms with Gasteiger partial charge in [-0.15, -0.1) is 0 Å². The Labute approximate surface area is 146 Å². The number of hydrogen-bond acceptors (Lipinski definition) is 3. The van der Waals surface area contributed by atoms with Crippen LogP contribution in [0.3, 0.4) is 0 Å². The zero-order chi connectivity index (χ0) is 17.0. The van der Waals surface area contributed by atoms with Crippen LogP contribution in [-0.4, -0.2) is 21.6 Å². The molecule has 124 valence electrons. The van der Waals surface area contributed by atoms with Crippen LogP contribution in [0, 0.1) is 0 Å². The monoisotopic (exact) mass is 361 g/mol. The van der Waals surface area contributed by atoms with Crippen LogP contribution in [0.2, 0.25) is 5.02 Å². The molecule has 0 radical (unpaired) electrons. The molecule has 0 aliphatic heterocycles. The molecule has 0 atom stereocenters. The average Bonchev–Trinajstić information content (AvgIpc) is 2.59. The van der Waals surface area contributed by atoms with Gasteiger partial charge in [0.15, 0.2) is 0 Å². The smallest absolute Gasteiger partial charge is 0.240 e. The van der Waals surface area contributed by atoms with Gasteiger partial charge in [0, 0.05) is 17.0 Å². The summed E-state index contributed by atoms with van der Waals surface area (Å²) in [4.78, 5) is 0.178. The summed E-state index contributed by atoms with van der Waals surface area (Å²) in [5.74, 6) is 0.735. The molecule has 0 aliphatic carbocycles. The fourth-order valence-electron chi connectivity index (χ4n) is 2.36. The lowest BCUT2D eigenvalue weighted by molar-refractivity contribution is 0.326. The van der Waals surface area contributed by atoms with Gasteiger partial charge in [-0.1, -0.05) is 48.0 Å². The molecule has 0 aliphatic rings. The van der Waals surface area contributed by atoms with E-state index in [4.69, 9.17) is 16.3 Å². The SMILES string of the molecule is O=S(=O)(NCCOc1cccc2ccccc12)c1ccc(Cl)cc1. The van der Waals surface area contributed by atoms with Gasteiger partial charge >= 0.3 is 0 Å². The van der Waals surface area contributed by atoms with Crippen molar-refractivity contribution in [2.45, 2.75) is 4.90 Å². The van der Waals surface area contributed by atoms with Crippen LogP contribution in [0.15, 0.2) is 71.6 Å². The van der Waals surface area contributed by atoms with Crippen LogP contribution in [0.1, 0.15) is 0 Å². The summed E-state index contributed by atoms with van der Waals surface area (Å²) in [6, 6.07) is 19.7. The van der Waals surface area contributed by atoms with E-state index in [1.165, 1.54) is 12.1 Å². The Morgan fingerprint density at radius 2 is 1.62 bits per heavy atom. The topological polar surface area (TPSA) is 55.4 Å². The van der Waals surface area contributed by atoms with E-state index >= 15 is 0 Å². The molecule has 0 fully saturated rings. The maximum absolute atomic E-state index is 12.2. The van der Waals surface area contributed by atoms with E-state index in [0.29, 0.717) is 5.02 Å². The predicted octanol–water partition coefficient (Wildman–Crippen LogP) is 3.85. The van der Waals surface area contributed by atoms with E-state index in [1.54, 1.807) is 12.1 Å². The summed E-state index contributed by atoms with van der Waals surface area (Å²) >= 11 is 5.77.